The Morgan fingerprint density at radius 2 is 2.02 bits per heavy atom. The summed E-state index contributed by atoms with van der Waals surface area (Å²) >= 11 is 0. The Hall–Kier alpha value is -4.58. The highest BCUT2D eigenvalue weighted by Gasteiger charge is 2.33. The number of aryl methyl sites for hydroxylation is 1. The maximum atomic E-state index is 15.4. The molecule has 4 heterocycles. The molecule has 1 aromatic carbocycles. The first-order valence-electron chi connectivity index (χ1n) is 13.8. The molecule has 2 aliphatic heterocycles. The number of nitrogens with zero attached hydrogens (tertiary/aromatic N) is 8. The van der Waals surface area contributed by atoms with Crippen LogP contribution in [-0.2, 0) is 11.8 Å². The summed E-state index contributed by atoms with van der Waals surface area (Å²) in [7, 11) is 1.38. The highest BCUT2D eigenvalue weighted by Crippen LogP contribution is 2.33. The van der Waals surface area contributed by atoms with Crippen LogP contribution in [0.2, 0.25) is 0 Å². The molecule has 0 unspecified atom stereocenters. The van der Waals surface area contributed by atoms with Gasteiger partial charge in [0.05, 0.1) is 11.9 Å². The first-order valence-corrected chi connectivity index (χ1v) is 13.8. The number of halogens is 1. The van der Waals surface area contributed by atoms with Gasteiger partial charge in [-0.15, -0.1) is 0 Å². The number of nitriles is 1. The van der Waals surface area contributed by atoms with Gasteiger partial charge in [-0.3, -0.25) is 0 Å². The number of nitrogens with one attached hydrogen (secondary N) is 2. The molecular weight excluding hydrogens is 547 g/mol. The maximum absolute atomic E-state index is 15.4. The zero-order valence-electron chi connectivity index (χ0n) is 23.7. The second kappa shape index (κ2) is 11.7. The lowest BCUT2D eigenvalue weighted by atomic mass is 9.83. The smallest absolute Gasteiger partial charge is 0.368 e. The lowest BCUT2D eigenvalue weighted by Crippen LogP contribution is -2.49. The molecule has 3 N–H and O–H groups in total. The van der Waals surface area contributed by atoms with Gasteiger partial charge in [0.2, 0.25) is 5.95 Å². The molecular formula is C27H33FN10O4. The van der Waals surface area contributed by atoms with Gasteiger partial charge in [-0.2, -0.15) is 19.6 Å². The van der Waals surface area contributed by atoms with E-state index >= 15 is 4.39 Å². The highest BCUT2D eigenvalue weighted by atomic mass is 19.1. The minimum Gasteiger partial charge on any atom is -0.478 e. The number of carboxylic acid groups (broad SMARTS) is 1. The van der Waals surface area contributed by atoms with Crippen molar-refractivity contribution in [2.24, 2.45) is 13.0 Å². The number of hydrogen-bond acceptors (Lipinski definition) is 11. The van der Waals surface area contributed by atoms with Crippen molar-refractivity contribution in [1.82, 2.24) is 34.7 Å². The number of carbonyl (C=O) groups is 1. The molecule has 2 atom stereocenters. The summed E-state index contributed by atoms with van der Waals surface area (Å²) in [5.74, 6) is -1.59. The third kappa shape index (κ3) is 5.89. The van der Waals surface area contributed by atoms with E-state index in [1.54, 1.807) is 0 Å². The number of rotatable bonds is 9. The van der Waals surface area contributed by atoms with Crippen molar-refractivity contribution in [2.45, 2.75) is 57.6 Å². The van der Waals surface area contributed by atoms with Crippen LogP contribution in [0, 0.1) is 23.1 Å². The van der Waals surface area contributed by atoms with E-state index in [4.69, 9.17) is 4.74 Å². The minimum atomic E-state index is -1.74. The predicted octanol–water partition coefficient (Wildman–Crippen LogP) is 2.43. The SMILES string of the molecule is Cn1nnn(-c2cc(Nc3ncc(C#N)c(NC[C@@H]4CCCN5CCCC[C@H]45)n3)c(F)cc2OC(C)(C)C(=O)O)c1=O. The van der Waals surface area contributed by atoms with Crippen LogP contribution in [0.15, 0.2) is 23.1 Å². The molecule has 3 aromatic rings. The first kappa shape index (κ1) is 28.9. The number of carboxylic acids is 1. The Labute approximate surface area is 241 Å². The molecule has 2 aliphatic rings. The van der Waals surface area contributed by atoms with Crippen molar-refractivity contribution in [3.8, 4) is 17.5 Å². The van der Waals surface area contributed by atoms with Crippen LogP contribution in [0.3, 0.4) is 0 Å². The molecule has 0 radical (unpaired) electrons. The Morgan fingerprint density at radius 3 is 2.74 bits per heavy atom. The lowest BCUT2D eigenvalue weighted by Gasteiger charge is -2.44. The Morgan fingerprint density at radius 1 is 1.24 bits per heavy atom. The van der Waals surface area contributed by atoms with E-state index in [1.807, 2.05) is 0 Å². The van der Waals surface area contributed by atoms with Gasteiger partial charge in [0.15, 0.2) is 11.4 Å². The number of ether oxygens (including phenoxy) is 1. The second-order valence-corrected chi connectivity index (χ2v) is 11.1. The first-order chi connectivity index (χ1) is 20.1. The maximum Gasteiger partial charge on any atom is 0.368 e. The fourth-order valence-electron chi connectivity index (χ4n) is 5.49. The fraction of sp³-hybridized carbons (Fsp3) is 0.519. The summed E-state index contributed by atoms with van der Waals surface area (Å²) in [5, 5.41) is 32.8. The molecule has 0 aliphatic carbocycles. The number of benzene rings is 1. The molecule has 2 fully saturated rings. The van der Waals surface area contributed by atoms with Gasteiger partial charge in [0.1, 0.15) is 28.9 Å². The molecule has 0 saturated carbocycles. The largest absolute Gasteiger partial charge is 0.478 e. The quantitative estimate of drug-likeness (QED) is 0.337. The van der Waals surface area contributed by atoms with Crippen LogP contribution in [0.1, 0.15) is 51.5 Å². The highest BCUT2D eigenvalue weighted by molar-refractivity contribution is 5.77. The number of piperidine rings is 2. The average molecular weight is 581 g/mol. The summed E-state index contributed by atoms with van der Waals surface area (Å²) in [6.45, 7) is 5.48. The third-order valence-corrected chi connectivity index (χ3v) is 7.79. The third-order valence-electron chi connectivity index (χ3n) is 7.79. The molecule has 5 rings (SSSR count). The van der Waals surface area contributed by atoms with Crippen LogP contribution < -0.4 is 21.1 Å². The van der Waals surface area contributed by atoms with E-state index in [-0.39, 0.29) is 28.6 Å². The van der Waals surface area contributed by atoms with Crippen LogP contribution >= 0.6 is 0 Å². The van der Waals surface area contributed by atoms with Crippen LogP contribution in [-0.4, -0.2) is 77.0 Å². The molecule has 15 heteroatoms. The normalized spacial score (nSPS) is 19.0. The lowest BCUT2D eigenvalue weighted by molar-refractivity contribution is -0.152. The molecule has 14 nitrogen and oxygen atoms in total. The van der Waals surface area contributed by atoms with Crippen molar-refractivity contribution in [1.29, 1.82) is 5.26 Å². The molecule has 0 spiro atoms. The van der Waals surface area contributed by atoms with E-state index in [9.17, 15) is 20.0 Å². The van der Waals surface area contributed by atoms with Gasteiger partial charge in [-0.25, -0.2) is 19.0 Å². The zero-order chi connectivity index (χ0) is 30.0. The summed E-state index contributed by atoms with van der Waals surface area (Å²) in [5.41, 5.74) is -2.34. The van der Waals surface area contributed by atoms with E-state index in [2.05, 4.69) is 42.0 Å². The van der Waals surface area contributed by atoms with Gasteiger partial charge in [0.25, 0.3) is 0 Å². The van der Waals surface area contributed by atoms with E-state index in [0.717, 1.165) is 47.8 Å². The van der Waals surface area contributed by atoms with E-state index in [0.29, 0.717) is 24.3 Å². The van der Waals surface area contributed by atoms with E-state index < -0.39 is 23.1 Å². The summed E-state index contributed by atoms with van der Waals surface area (Å²) in [4.78, 5) is 35.5. The van der Waals surface area contributed by atoms with Crippen LogP contribution in [0.4, 0.5) is 21.8 Å². The van der Waals surface area contributed by atoms with Crippen molar-refractivity contribution in [2.75, 3.05) is 30.3 Å². The van der Waals surface area contributed by atoms with Gasteiger partial charge in [-0.1, -0.05) is 6.42 Å². The van der Waals surface area contributed by atoms with E-state index in [1.165, 1.54) is 46.0 Å². The average Bonchev–Trinajstić information content (AvgIpc) is 3.30. The Bertz CT molecular complexity index is 1580. The molecule has 222 valence electrons. The summed E-state index contributed by atoms with van der Waals surface area (Å²) in [6.07, 6.45) is 7.18. The van der Waals surface area contributed by atoms with Crippen LogP contribution in [0.25, 0.3) is 5.69 Å². The molecule has 0 bridgehead atoms. The summed E-state index contributed by atoms with van der Waals surface area (Å²) in [6, 6.07) is 4.79. The van der Waals surface area contributed by atoms with Gasteiger partial charge < -0.3 is 25.4 Å². The molecule has 2 aromatic heterocycles. The van der Waals surface area contributed by atoms with Crippen molar-refractivity contribution in [3.05, 3.63) is 40.2 Å². The zero-order valence-corrected chi connectivity index (χ0v) is 23.7. The predicted molar refractivity (Wildman–Crippen MR) is 149 cm³/mol. The number of aromatic nitrogens is 6. The van der Waals surface area contributed by atoms with Crippen molar-refractivity contribution in [3.63, 3.8) is 0 Å². The number of aliphatic carboxylic acids is 1. The number of anilines is 3. The van der Waals surface area contributed by atoms with Gasteiger partial charge in [0, 0.05) is 25.7 Å². The molecule has 2 saturated heterocycles. The van der Waals surface area contributed by atoms with Gasteiger partial charge >= 0.3 is 11.7 Å². The standard InChI is InChI=1S/C27H33FN10O4/c1-27(2,24(39)40)42-22-11-18(28)19(12-21(22)38-26(41)36(3)34-35-38)32-25-31-15-17(13-29)23(33-25)30-14-16-7-6-10-37-9-5-4-8-20(16)37/h11-12,15-16,20H,4-10,14H2,1-3H3,(H,39,40)(H2,30,31,32,33)/t16-,20+/m0/s1. The number of hydrogen-bond donors (Lipinski definition) is 3. The Kier molecular flexibility index (Phi) is 8.08. The minimum absolute atomic E-state index is 0.00955. The van der Waals surface area contributed by atoms with Crippen molar-refractivity contribution >= 4 is 23.4 Å². The fourth-order valence-corrected chi connectivity index (χ4v) is 5.49. The van der Waals surface area contributed by atoms with Gasteiger partial charge in [-0.05, 0) is 75.0 Å². The summed E-state index contributed by atoms with van der Waals surface area (Å²) < 4.78 is 22.8. The Balaban J connectivity index is 1.43. The van der Waals surface area contributed by atoms with Crippen LogP contribution in [0.5, 0.6) is 5.75 Å². The topological polar surface area (TPSA) is 176 Å². The van der Waals surface area contributed by atoms with Crippen molar-refractivity contribution < 1.29 is 19.0 Å². The molecule has 42 heavy (non-hydrogen) atoms. The second-order valence-electron chi connectivity index (χ2n) is 11.1. The monoisotopic (exact) mass is 580 g/mol. The number of tetrazole rings is 1. The number of fused-ring (bicyclic) bond motifs is 1. The molecule has 0 amide bonds.